The first kappa shape index (κ1) is 9.31. The minimum absolute atomic E-state index is 0.185. The summed E-state index contributed by atoms with van der Waals surface area (Å²) in [4.78, 5) is 0. The molecule has 2 N–H and O–H groups in total. The van der Waals surface area contributed by atoms with Gasteiger partial charge in [-0.15, -0.1) is 0 Å². The third-order valence-electron chi connectivity index (χ3n) is 2.52. The summed E-state index contributed by atoms with van der Waals surface area (Å²) in [6, 6.07) is 5.23. The first-order valence-electron chi connectivity index (χ1n) is 5.09. The van der Waals surface area contributed by atoms with Crippen LogP contribution in [0.15, 0.2) is 18.2 Å². The quantitative estimate of drug-likeness (QED) is 0.756. The van der Waals surface area contributed by atoms with Crippen LogP contribution in [0.2, 0.25) is 0 Å². The largest absolute Gasteiger partial charge is 0.381 e. The van der Waals surface area contributed by atoms with E-state index in [4.69, 9.17) is 0 Å². The minimum atomic E-state index is -0.185. The predicted octanol–water partition coefficient (Wildman–Crippen LogP) is 2.83. The third-order valence-corrected chi connectivity index (χ3v) is 2.52. The van der Waals surface area contributed by atoms with Crippen LogP contribution in [0.1, 0.15) is 19.8 Å². The van der Waals surface area contributed by atoms with E-state index in [1.165, 1.54) is 6.07 Å². The summed E-state index contributed by atoms with van der Waals surface area (Å²) >= 11 is 0. The van der Waals surface area contributed by atoms with E-state index in [-0.39, 0.29) is 5.82 Å². The molecular weight excluding hydrogens is 179 g/mol. The van der Waals surface area contributed by atoms with E-state index in [0.717, 1.165) is 30.8 Å². The van der Waals surface area contributed by atoms with E-state index in [9.17, 15) is 4.39 Å². The van der Waals surface area contributed by atoms with Crippen molar-refractivity contribution >= 4 is 11.4 Å². The maximum absolute atomic E-state index is 12.9. The van der Waals surface area contributed by atoms with Gasteiger partial charge in [-0.25, -0.2) is 4.39 Å². The minimum Gasteiger partial charge on any atom is -0.381 e. The molecule has 0 amide bonds. The molecule has 0 aromatic heterocycles. The van der Waals surface area contributed by atoms with Gasteiger partial charge in [0.2, 0.25) is 0 Å². The Morgan fingerprint density at radius 1 is 1.43 bits per heavy atom. The van der Waals surface area contributed by atoms with Gasteiger partial charge in [0.1, 0.15) is 5.82 Å². The van der Waals surface area contributed by atoms with E-state index >= 15 is 0 Å². The maximum Gasteiger partial charge on any atom is 0.125 e. The number of fused-ring (bicyclic) bond motifs is 1. The zero-order valence-corrected chi connectivity index (χ0v) is 8.31. The Kier molecular flexibility index (Phi) is 2.57. The summed E-state index contributed by atoms with van der Waals surface area (Å²) < 4.78 is 12.9. The fourth-order valence-electron chi connectivity index (χ4n) is 1.82. The number of rotatable bonds is 2. The lowest BCUT2D eigenvalue weighted by Gasteiger charge is -2.28. The molecule has 14 heavy (non-hydrogen) atoms. The summed E-state index contributed by atoms with van der Waals surface area (Å²) in [5.74, 6) is -0.185. The summed E-state index contributed by atoms with van der Waals surface area (Å²) in [5, 5.41) is 6.63. The Morgan fingerprint density at radius 2 is 2.29 bits per heavy atom. The van der Waals surface area contributed by atoms with E-state index in [1.54, 1.807) is 12.1 Å². The van der Waals surface area contributed by atoms with Crippen LogP contribution >= 0.6 is 0 Å². The second-order valence-electron chi connectivity index (χ2n) is 3.70. The van der Waals surface area contributed by atoms with Crippen molar-refractivity contribution in [2.75, 3.05) is 17.2 Å². The fourth-order valence-corrected chi connectivity index (χ4v) is 1.82. The van der Waals surface area contributed by atoms with Crippen LogP contribution in [0.3, 0.4) is 0 Å². The van der Waals surface area contributed by atoms with Gasteiger partial charge in [-0.05, 0) is 24.6 Å². The molecular formula is C11H15FN2. The molecule has 2 nitrogen and oxygen atoms in total. The van der Waals surface area contributed by atoms with Crippen molar-refractivity contribution in [3.63, 3.8) is 0 Å². The van der Waals surface area contributed by atoms with Crippen molar-refractivity contribution in [2.45, 2.75) is 25.8 Å². The Labute approximate surface area is 83.5 Å². The van der Waals surface area contributed by atoms with E-state index in [2.05, 4.69) is 17.6 Å². The molecule has 1 unspecified atom stereocenters. The normalized spacial score (nSPS) is 19.4. The molecule has 0 bridgehead atoms. The second kappa shape index (κ2) is 3.86. The number of halogens is 1. The Morgan fingerprint density at radius 3 is 3.07 bits per heavy atom. The van der Waals surface area contributed by atoms with Crippen molar-refractivity contribution in [3.05, 3.63) is 24.0 Å². The molecule has 1 aliphatic rings. The molecule has 1 aromatic rings. The topological polar surface area (TPSA) is 24.1 Å². The van der Waals surface area contributed by atoms with Crippen LogP contribution in [-0.2, 0) is 0 Å². The molecule has 0 saturated heterocycles. The van der Waals surface area contributed by atoms with Gasteiger partial charge in [-0.2, -0.15) is 0 Å². The number of benzene rings is 1. The molecule has 1 heterocycles. The molecule has 0 saturated carbocycles. The van der Waals surface area contributed by atoms with Gasteiger partial charge in [0, 0.05) is 12.6 Å². The van der Waals surface area contributed by atoms with Gasteiger partial charge in [0.05, 0.1) is 11.4 Å². The zero-order valence-electron chi connectivity index (χ0n) is 8.31. The summed E-state index contributed by atoms with van der Waals surface area (Å²) in [6.45, 7) is 3.08. The van der Waals surface area contributed by atoms with Crippen LogP contribution < -0.4 is 10.6 Å². The molecule has 0 spiro atoms. The third kappa shape index (κ3) is 1.81. The summed E-state index contributed by atoms with van der Waals surface area (Å²) in [5.41, 5.74) is 1.88. The molecule has 76 valence electrons. The van der Waals surface area contributed by atoms with Crippen LogP contribution in [0.25, 0.3) is 0 Å². The highest BCUT2D eigenvalue weighted by atomic mass is 19.1. The van der Waals surface area contributed by atoms with Crippen LogP contribution in [0.5, 0.6) is 0 Å². The lowest BCUT2D eigenvalue weighted by Crippen LogP contribution is -2.32. The lowest BCUT2D eigenvalue weighted by atomic mass is 10.1. The SMILES string of the molecule is CCCC1CNc2ccc(F)cc2N1. The lowest BCUT2D eigenvalue weighted by molar-refractivity contribution is 0.623. The number of hydrogen-bond acceptors (Lipinski definition) is 2. The smallest absolute Gasteiger partial charge is 0.125 e. The number of anilines is 2. The molecule has 0 aliphatic carbocycles. The maximum atomic E-state index is 12.9. The highest BCUT2D eigenvalue weighted by molar-refractivity contribution is 5.71. The van der Waals surface area contributed by atoms with Gasteiger partial charge >= 0.3 is 0 Å². The highest BCUT2D eigenvalue weighted by Gasteiger charge is 2.16. The monoisotopic (exact) mass is 194 g/mol. The van der Waals surface area contributed by atoms with Gasteiger partial charge in [0.25, 0.3) is 0 Å². The van der Waals surface area contributed by atoms with Crippen molar-refractivity contribution in [1.29, 1.82) is 0 Å². The Hall–Kier alpha value is -1.25. The first-order chi connectivity index (χ1) is 6.79. The molecule has 1 atom stereocenters. The van der Waals surface area contributed by atoms with E-state index in [1.807, 2.05) is 0 Å². The Bertz CT molecular complexity index is 325. The van der Waals surface area contributed by atoms with Crippen molar-refractivity contribution in [2.24, 2.45) is 0 Å². The second-order valence-corrected chi connectivity index (χ2v) is 3.70. The van der Waals surface area contributed by atoms with Crippen LogP contribution in [-0.4, -0.2) is 12.6 Å². The van der Waals surface area contributed by atoms with Crippen molar-refractivity contribution in [1.82, 2.24) is 0 Å². The van der Waals surface area contributed by atoms with Gasteiger partial charge in [-0.3, -0.25) is 0 Å². The van der Waals surface area contributed by atoms with Gasteiger partial charge in [-0.1, -0.05) is 13.3 Å². The number of hydrogen-bond donors (Lipinski definition) is 2. The standard InChI is InChI=1S/C11H15FN2/c1-2-3-9-7-13-10-5-4-8(12)6-11(10)14-9/h4-6,9,13-14H,2-3,7H2,1H3. The van der Waals surface area contributed by atoms with Crippen molar-refractivity contribution in [3.8, 4) is 0 Å². The number of nitrogens with one attached hydrogen (secondary N) is 2. The summed E-state index contributed by atoms with van der Waals surface area (Å²) in [7, 11) is 0. The highest BCUT2D eigenvalue weighted by Crippen LogP contribution is 2.27. The molecule has 2 rings (SSSR count). The average Bonchev–Trinajstić information content (AvgIpc) is 2.17. The molecule has 1 aliphatic heterocycles. The Balaban J connectivity index is 2.16. The van der Waals surface area contributed by atoms with Crippen LogP contribution in [0.4, 0.5) is 15.8 Å². The van der Waals surface area contributed by atoms with E-state index < -0.39 is 0 Å². The van der Waals surface area contributed by atoms with Gasteiger partial charge < -0.3 is 10.6 Å². The first-order valence-corrected chi connectivity index (χ1v) is 5.09. The average molecular weight is 194 g/mol. The summed E-state index contributed by atoms with van der Waals surface area (Å²) in [6.07, 6.45) is 2.26. The predicted molar refractivity (Wildman–Crippen MR) is 57.2 cm³/mol. The van der Waals surface area contributed by atoms with E-state index in [0.29, 0.717) is 6.04 Å². The fraction of sp³-hybridized carbons (Fsp3) is 0.455. The molecule has 1 aromatic carbocycles. The van der Waals surface area contributed by atoms with Crippen molar-refractivity contribution < 1.29 is 4.39 Å². The molecule has 0 fully saturated rings. The molecule has 0 radical (unpaired) electrons. The zero-order chi connectivity index (χ0) is 9.97. The van der Waals surface area contributed by atoms with Crippen LogP contribution in [0, 0.1) is 5.82 Å². The van der Waals surface area contributed by atoms with Gasteiger partial charge in [0.15, 0.2) is 0 Å². The molecule has 3 heteroatoms.